The maximum Gasteiger partial charge on any atom is 0.274 e. The van der Waals surface area contributed by atoms with Crippen molar-refractivity contribution in [3.63, 3.8) is 0 Å². The van der Waals surface area contributed by atoms with E-state index in [1.54, 1.807) is 0 Å². The Labute approximate surface area is 61.0 Å². The van der Waals surface area contributed by atoms with Crippen molar-refractivity contribution in [2.45, 2.75) is 31.7 Å². The quantitative estimate of drug-likeness (QED) is 0.589. The van der Waals surface area contributed by atoms with Gasteiger partial charge in [-0.25, -0.2) is 5.14 Å². The lowest BCUT2D eigenvalue weighted by Crippen LogP contribution is -2.52. The Hall–Kier alpha value is -0.130. The molecule has 0 heterocycles. The molecular formula is C5H12N2O2S. The van der Waals surface area contributed by atoms with Crippen LogP contribution >= 0.6 is 0 Å². The fraction of sp³-hybridized carbons (Fsp3) is 1.00. The fourth-order valence-electron chi connectivity index (χ4n) is 1.15. The smallest absolute Gasteiger partial charge is 0.216 e. The molecule has 10 heavy (non-hydrogen) atoms. The van der Waals surface area contributed by atoms with Crippen molar-refractivity contribution in [1.82, 2.24) is 4.72 Å². The summed E-state index contributed by atoms with van der Waals surface area (Å²) in [7, 11) is -3.49. The molecule has 0 aromatic carbocycles. The van der Waals surface area contributed by atoms with Crippen LogP contribution in [0.4, 0.5) is 0 Å². The van der Waals surface area contributed by atoms with E-state index in [-0.39, 0.29) is 5.54 Å². The lowest BCUT2D eigenvalue weighted by molar-refractivity contribution is 0.248. The van der Waals surface area contributed by atoms with Crippen LogP contribution in [0.5, 0.6) is 0 Å². The minimum Gasteiger partial charge on any atom is -0.216 e. The van der Waals surface area contributed by atoms with Gasteiger partial charge in [-0.15, -0.1) is 0 Å². The summed E-state index contributed by atoms with van der Waals surface area (Å²) in [5.41, 5.74) is -0.256. The summed E-state index contributed by atoms with van der Waals surface area (Å²) in [5, 5.41) is 4.79. The van der Waals surface area contributed by atoms with E-state index in [2.05, 4.69) is 4.72 Å². The zero-order valence-corrected chi connectivity index (χ0v) is 6.74. The lowest BCUT2D eigenvalue weighted by atomic mass is 9.80. The van der Waals surface area contributed by atoms with Crippen molar-refractivity contribution in [1.29, 1.82) is 0 Å². The van der Waals surface area contributed by atoms with Gasteiger partial charge in [0.25, 0.3) is 10.2 Å². The minimum atomic E-state index is -3.49. The maximum atomic E-state index is 10.5. The van der Waals surface area contributed by atoms with Crippen LogP contribution in [-0.2, 0) is 10.2 Å². The van der Waals surface area contributed by atoms with E-state index in [0.29, 0.717) is 0 Å². The van der Waals surface area contributed by atoms with E-state index in [1.807, 2.05) is 6.92 Å². The third-order valence-corrected chi connectivity index (χ3v) is 2.62. The first-order valence-electron chi connectivity index (χ1n) is 3.23. The van der Waals surface area contributed by atoms with Gasteiger partial charge in [0.05, 0.1) is 0 Å². The first-order valence-corrected chi connectivity index (χ1v) is 4.78. The van der Waals surface area contributed by atoms with Crippen LogP contribution < -0.4 is 9.86 Å². The first kappa shape index (κ1) is 7.97. The zero-order valence-electron chi connectivity index (χ0n) is 5.92. The number of hydrogen-bond acceptors (Lipinski definition) is 2. The molecule has 1 saturated carbocycles. The number of hydrogen-bond donors (Lipinski definition) is 2. The van der Waals surface area contributed by atoms with Gasteiger partial charge in [0.15, 0.2) is 0 Å². The molecule has 1 aliphatic rings. The van der Waals surface area contributed by atoms with Gasteiger partial charge >= 0.3 is 0 Å². The molecule has 1 fully saturated rings. The Kier molecular flexibility index (Phi) is 1.74. The molecule has 0 bridgehead atoms. The largest absolute Gasteiger partial charge is 0.274 e. The average Bonchev–Trinajstić information content (AvgIpc) is 1.57. The Balaban J connectivity index is 2.53. The fourth-order valence-corrected chi connectivity index (χ4v) is 2.04. The van der Waals surface area contributed by atoms with Gasteiger partial charge in [0.1, 0.15) is 0 Å². The van der Waals surface area contributed by atoms with Gasteiger partial charge in [-0.05, 0) is 26.2 Å². The van der Waals surface area contributed by atoms with Crippen LogP contribution in [0, 0.1) is 0 Å². The highest BCUT2D eigenvalue weighted by molar-refractivity contribution is 7.87. The van der Waals surface area contributed by atoms with Crippen molar-refractivity contribution < 1.29 is 8.42 Å². The van der Waals surface area contributed by atoms with Crippen molar-refractivity contribution in [3.05, 3.63) is 0 Å². The Morgan fingerprint density at radius 3 is 2.10 bits per heavy atom. The summed E-state index contributed by atoms with van der Waals surface area (Å²) < 4.78 is 23.4. The summed E-state index contributed by atoms with van der Waals surface area (Å²) in [4.78, 5) is 0. The standard InChI is InChI=1S/C5H12N2O2S/c1-5(3-2-4-5)7-10(6,8)9/h7H,2-4H2,1H3,(H2,6,8,9). The van der Waals surface area contributed by atoms with Crippen molar-refractivity contribution in [2.24, 2.45) is 5.14 Å². The van der Waals surface area contributed by atoms with Crippen LogP contribution in [0.25, 0.3) is 0 Å². The van der Waals surface area contributed by atoms with Gasteiger partial charge in [-0.3, -0.25) is 0 Å². The number of rotatable bonds is 2. The molecule has 0 aromatic rings. The SMILES string of the molecule is CC1(NS(N)(=O)=O)CCC1. The molecule has 60 valence electrons. The lowest BCUT2D eigenvalue weighted by Gasteiger charge is -2.37. The predicted molar refractivity (Wildman–Crippen MR) is 38.5 cm³/mol. The highest BCUT2D eigenvalue weighted by Crippen LogP contribution is 2.30. The molecule has 3 N–H and O–H groups in total. The van der Waals surface area contributed by atoms with Crippen molar-refractivity contribution in [3.8, 4) is 0 Å². The maximum absolute atomic E-state index is 10.5. The Morgan fingerprint density at radius 2 is 2.00 bits per heavy atom. The third kappa shape index (κ3) is 1.93. The number of nitrogens with one attached hydrogen (secondary N) is 1. The van der Waals surface area contributed by atoms with E-state index in [4.69, 9.17) is 5.14 Å². The van der Waals surface area contributed by atoms with Gasteiger partial charge in [-0.1, -0.05) is 0 Å². The monoisotopic (exact) mass is 164 g/mol. The summed E-state index contributed by atoms with van der Waals surface area (Å²) in [6.45, 7) is 1.86. The van der Waals surface area contributed by atoms with E-state index in [0.717, 1.165) is 19.3 Å². The van der Waals surface area contributed by atoms with Crippen LogP contribution in [0.2, 0.25) is 0 Å². The highest BCUT2D eigenvalue weighted by atomic mass is 32.2. The topological polar surface area (TPSA) is 72.2 Å². The summed E-state index contributed by atoms with van der Waals surface area (Å²) in [6.07, 6.45) is 2.87. The van der Waals surface area contributed by atoms with E-state index in [9.17, 15) is 8.42 Å². The van der Waals surface area contributed by atoms with Gasteiger partial charge in [0, 0.05) is 5.54 Å². The molecule has 0 saturated heterocycles. The molecule has 4 nitrogen and oxygen atoms in total. The second kappa shape index (κ2) is 2.18. The van der Waals surface area contributed by atoms with E-state index >= 15 is 0 Å². The Bertz CT molecular complexity index is 218. The molecule has 1 rings (SSSR count). The second-order valence-electron chi connectivity index (χ2n) is 3.06. The van der Waals surface area contributed by atoms with E-state index < -0.39 is 10.2 Å². The average molecular weight is 164 g/mol. The van der Waals surface area contributed by atoms with E-state index in [1.165, 1.54) is 0 Å². The molecule has 0 radical (unpaired) electrons. The predicted octanol–water partition coefficient (Wildman–Crippen LogP) is -0.278. The number of nitrogens with two attached hydrogens (primary N) is 1. The summed E-state index contributed by atoms with van der Waals surface area (Å²) in [5.74, 6) is 0. The van der Waals surface area contributed by atoms with Crippen molar-refractivity contribution in [2.75, 3.05) is 0 Å². The molecule has 0 unspecified atom stereocenters. The molecular weight excluding hydrogens is 152 g/mol. The van der Waals surface area contributed by atoms with Gasteiger partial charge < -0.3 is 0 Å². The molecule has 1 aliphatic carbocycles. The summed E-state index contributed by atoms with van der Waals surface area (Å²) in [6, 6.07) is 0. The zero-order chi connectivity index (χ0) is 7.83. The normalized spacial score (nSPS) is 23.8. The molecule has 0 aromatic heterocycles. The molecule has 0 atom stereocenters. The van der Waals surface area contributed by atoms with Gasteiger partial charge in [-0.2, -0.15) is 13.1 Å². The molecule has 0 spiro atoms. The second-order valence-corrected chi connectivity index (χ2v) is 4.36. The summed E-state index contributed by atoms with van der Waals surface area (Å²) >= 11 is 0. The van der Waals surface area contributed by atoms with Gasteiger partial charge in [0.2, 0.25) is 0 Å². The van der Waals surface area contributed by atoms with Crippen molar-refractivity contribution >= 4 is 10.2 Å². The minimum absolute atomic E-state index is 0.256. The molecule has 0 amide bonds. The highest BCUT2D eigenvalue weighted by Gasteiger charge is 2.34. The van der Waals surface area contributed by atoms with Crippen LogP contribution in [0.15, 0.2) is 0 Å². The van der Waals surface area contributed by atoms with Crippen LogP contribution in [0.3, 0.4) is 0 Å². The molecule has 0 aliphatic heterocycles. The third-order valence-electron chi connectivity index (χ3n) is 1.85. The van der Waals surface area contributed by atoms with Crippen LogP contribution in [-0.4, -0.2) is 14.0 Å². The van der Waals surface area contributed by atoms with Crippen LogP contribution in [0.1, 0.15) is 26.2 Å². The Morgan fingerprint density at radius 1 is 1.50 bits per heavy atom. The molecule has 5 heteroatoms. The first-order chi connectivity index (χ1) is 4.41.